The van der Waals surface area contributed by atoms with Crippen molar-refractivity contribution in [3.05, 3.63) is 28.7 Å². The van der Waals surface area contributed by atoms with Gasteiger partial charge in [0.2, 0.25) is 0 Å². The summed E-state index contributed by atoms with van der Waals surface area (Å²) in [5.41, 5.74) is 0.515. The van der Waals surface area contributed by atoms with Crippen molar-refractivity contribution in [3.63, 3.8) is 0 Å². The molecule has 0 aromatic heterocycles. The summed E-state index contributed by atoms with van der Waals surface area (Å²) in [5.74, 6) is 0.957. The molecule has 2 nitrogen and oxygen atoms in total. The quantitative estimate of drug-likeness (QED) is 0.816. The average molecular weight is 326 g/mol. The standard InChI is InChI=1S/C16H24BrNO/c1-16(2)8-3-10-18(11-9-16)12-13-19-15-6-4-14(17)5-7-15/h4-7H,3,8-13H2,1-2H3. The second kappa shape index (κ2) is 6.76. The van der Waals surface area contributed by atoms with Gasteiger partial charge in [-0.05, 0) is 62.0 Å². The zero-order valence-corrected chi connectivity index (χ0v) is 13.6. The van der Waals surface area contributed by atoms with E-state index in [1.54, 1.807) is 0 Å². The first kappa shape index (κ1) is 14.9. The van der Waals surface area contributed by atoms with E-state index in [4.69, 9.17) is 4.74 Å². The normalized spacial score (nSPS) is 19.9. The first-order valence-electron chi connectivity index (χ1n) is 7.16. The summed E-state index contributed by atoms with van der Waals surface area (Å²) in [6.45, 7) is 9.00. The van der Waals surface area contributed by atoms with Gasteiger partial charge in [0.05, 0.1) is 0 Å². The van der Waals surface area contributed by atoms with Gasteiger partial charge in [0.25, 0.3) is 0 Å². The number of rotatable bonds is 4. The highest BCUT2D eigenvalue weighted by Gasteiger charge is 2.22. The maximum atomic E-state index is 5.79. The third-order valence-corrected chi connectivity index (χ3v) is 4.45. The van der Waals surface area contributed by atoms with Crippen molar-refractivity contribution >= 4 is 15.9 Å². The Balaban J connectivity index is 1.72. The average Bonchev–Trinajstić information content (AvgIpc) is 2.53. The van der Waals surface area contributed by atoms with Gasteiger partial charge in [-0.3, -0.25) is 4.90 Å². The van der Waals surface area contributed by atoms with Crippen LogP contribution in [-0.2, 0) is 0 Å². The van der Waals surface area contributed by atoms with Gasteiger partial charge in [-0.15, -0.1) is 0 Å². The Bertz CT molecular complexity index is 388. The molecule has 1 fully saturated rings. The van der Waals surface area contributed by atoms with Gasteiger partial charge in [-0.1, -0.05) is 29.8 Å². The summed E-state index contributed by atoms with van der Waals surface area (Å²) in [4.78, 5) is 2.54. The topological polar surface area (TPSA) is 12.5 Å². The minimum atomic E-state index is 0.515. The maximum Gasteiger partial charge on any atom is 0.119 e. The second-order valence-corrected chi connectivity index (χ2v) is 7.08. The highest BCUT2D eigenvalue weighted by molar-refractivity contribution is 9.10. The molecule has 0 atom stereocenters. The van der Waals surface area contributed by atoms with Crippen LogP contribution in [0.15, 0.2) is 28.7 Å². The van der Waals surface area contributed by atoms with Crippen molar-refractivity contribution in [2.24, 2.45) is 5.41 Å². The fourth-order valence-corrected chi connectivity index (χ4v) is 2.79. The summed E-state index contributed by atoms with van der Waals surface area (Å²) >= 11 is 3.43. The van der Waals surface area contributed by atoms with Crippen molar-refractivity contribution in [1.29, 1.82) is 0 Å². The largest absolute Gasteiger partial charge is 0.492 e. The smallest absolute Gasteiger partial charge is 0.119 e. The molecular weight excluding hydrogens is 302 g/mol. The number of benzene rings is 1. The van der Waals surface area contributed by atoms with Crippen molar-refractivity contribution < 1.29 is 4.74 Å². The molecule has 2 rings (SSSR count). The molecule has 106 valence electrons. The van der Waals surface area contributed by atoms with E-state index in [0.717, 1.165) is 23.4 Å². The number of likely N-dealkylation sites (tertiary alicyclic amines) is 1. The molecule has 0 N–H and O–H groups in total. The van der Waals surface area contributed by atoms with Crippen LogP contribution in [0.5, 0.6) is 5.75 Å². The zero-order chi connectivity index (χ0) is 13.7. The van der Waals surface area contributed by atoms with Crippen molar-refractivity contribution in [1.82, 2.24) is 4.90 Å². The van der Waals surface area contributed by atoms with Crippen molar-refractivity contribution in [3.8, 4) is 5.75 Å². The van der Waals surface area contributed by atoms with E-state index < -0.39 is 0 Å². The van der Waals surface area contributed by atoms with Gasteiger partial charge in [0, 0.05) is 11.0 Å². The molecule has 0 amide bonds. The van der Waals surface area contributed by atoms with E-state index in [9.17, 15) is 0 Å². The van der Waals surface area contributed by atoms with Gasteiger partial charge in [0.15, 0.2) is 0 Å². The van der Waals surface area contributed by atoms with Gasteiger partial charge in [0.1, 0.15) is 12.4 Å². The lowest BCUT2D eigenvalue weighted by Crippen LogP contribution is -2.30. The molecule has 1 heterocycles. The summed E-state index contributed by atoms with van der Waals surface area (Å²) in [6.07, 6.45) is 3.95. The molecule has 0 spiro atoms. The lowest BCUT2D eigenvalue weighted by molar-refractivity contribution is 0.207. The summed E-state index contributed by atoms with van der Waals surface area (Å²) < 4.78 is 6.89. The van der Waals surface area contributed by atoms with E-state index >= 15 is 0 Å². The number of hydrogen-bond donors (Lipinski definition) is 0. The minimum absolute atomic E-state index is 0.515. The van der Waals surface area contributed by atoms with Gasteiger partial charge in [-0.2, -0.15) is 0 Å². The molecule has 0 unspecified atom stereocenters. The lowest BCUT2D eigenvalue weighted by Gasteiger charge is -2.23. The molecule has 0 saturated carbocycles. The third-order valence-electron chi connectivity index (χ3n) is 3.92. The van der Waals surface area contributed by atoms with E-state index in [1.807, 2.05) is 24.3 Å². The Morgan fingerprint density at radius 1 is 1.16 bits per heavy atom. The predicted molar refractivity (Wildman–Crippen MR) is 83.7 cm³/mol. The molecular formula is C16H24BrNO. The van der Waals surface area contributed by atoms with Gasteiger partial charge >= 0.3 is 0 Å². The molecule has 1 aromatic carbocycles. The van der Waals surface area contributed by atoms with Crippen molar-refractivity contribution in [2.75, 3.05) is 26.2 Å². The highest BCUT2D eigenvalue weighted by atomic mass is 79.9. The number of halogens is 1. The Hall–Kier alpha value is -0.540. The van der Waals surface area contributed by atoms with E-state index in [2.05, 4.69) is 34.7 Å². The third kappa shape index (κ3) is 5.15. The number of nitrogens with zero attached hydrogens (tertiary/aromatic N) is 1. The van der Waals surface area contributed by atoms with Crippen molar-refractivity contribution in [2.45, 2.75) is 33.1 Å². The van der Waals surface area contributed by atoms with Crippen LogP contribution in [-0.4, -0.2) is 31.1 Å². The maximum absolute atomic E-state index is 5.79. The summed E-state index contributed by atoms with van der Waals surface area (Å²) in [7, 11) is 0. The van der Waals surface area contributed by atoms with Crippen LogP contribution in [0, 0.1) is 5.41 Å². The SMILES string of the molecule is CC1(C)CCCN(CCOc2ccc(Br)cc2)CC1. The predicted octanol–water partition coefficient (Wildman–Crippen LogP) is 4.34. The van der Waals surface area contributed by atoms with Crippen LogP contribution >= 0.6 is 15.9 Å². The monoisotopic (exact) mass is 325 g/mol. The van der Waals surface area contributed by atoms with Gasteiger partial charge in [-0.25, -0.2) is 0 Å². The van der Waals surface area contributed by atoms with Crippen LogP contribution in [0.4, 0.5) is 0 Å². The second-order valence-electron chi connectivity index (χ2n) is 6.16. The fourth-order valence-electron chi connectivity index (χ4n) is 2.53. The Morgan fingerprint density at radius 3 is 2.63 bits per heavy atom. The minimum Gasteiger partial charge on any atom is -0.492 e. The summed E-state index contributed by atoms with van der Waals surface area (Å²) in [6, 6.07) is 8.05. The van der Waals surface area contributed by atoms with Crippen LogP contribution in [0.3, 0.4) is 0 Å². The molecule has 19 heavy (non-hydrogen) atoms. The van der Waals surface area contributed by atoms with E-state index in [0.29, 0.717) is 5.41 Å². The first-order chi connectivity index (χ1) is 9.05. The van der Waals surface area contributed by atoms with Crippen LogP contribution in [0.2, 0.25) is 0 Å². The number of ether oxygens (including phenoxy) is 1. The molecule has 0 bridgehead atoms. The van der Waals surface area contributed by atoms with Gasteiger partial charge < -0.3 is 4.74 Å². The molecule has 0 radical (unpaired) electrons. The number of hydrogen-bond acceptors (Lipinski definition) is 2. The van der Waals surface area contributed by atoms with Crippen LogP contribution in [0.1, 0.15) is 33.1 Å². The highest BCUT2D eigenvalue weighted by Crippen LogP contribution is 2.29. The Labute approximate surface area is 125 Å². The molecule has 1 aliphatic rings. The molecule has 0 aliphatic carbocycles. The molecule has 3 heteroatoms. The van der Waals surface area contributed by atoms with Crippen LogP contribution in [0.25, 0.3) is 0 Å². The van der Waals surface area contributed by atoms with E-state index in [-0.39, 0.29) is 0 Å². The first-order valence-corrected chi connectivity index (χ1v) is 7.95. The lowest BCUT2D eigenvalue weighted by atomic mass is 9.85. The molecule has 1 aliphatic heterocycles. The van der Waals surface area contributed by atoms with Crippen LogP contribution < -0.4 is 4.74 Å². The summed E-state index contributed by atoms with van der Waals surface area (Å²) in [5, 5.41) is 0. The van der Waals surface area contributed by atoms with E-state index in [1.165, 1.54) is 32.4 Å². The molecule has 1 saturated heterocycles. The zero-order valence-electron chi connectivity index (χ0n) is 12.0. The Morgan fingerprint density at radius 2 is 1.89 bits per heavy atom. The Kier molecular flexibility index (Phi) is 5.28. The molecule has 1 aromatic rings. The fraction of sp³-hybridized carbons (Fsp3) is 0.625.